The number of halogens is 2. The summed E-state index contributed by atoms with van der Waals surface area (Å²) >= 11 is 0. The molecule has 2 N–H and O–H groups in total. The molecular formula is C19H31F2N5O2. The van der Waals surface area contributed by atoms with E-state index in [9.17, 15) is 13.9 Å². The van der Waals surface area contributed by atoms with Crippen LogP contribution in [-0.4, -0.2) is 85.0 Å². The number of alkyl halides is 2. The van der Waals surface area contributed by atoms with Gasteiger partial charge in [-0.3, -0.25) is 0 Å². The van der Waals surface area contributed by atoms with E-state index >= 15 is 0 Å². The third-order valence-electron chi connectivity index (χ3n) is 5.90. The highest BCUT2D eigenvalue weighted by atomic mass is 19.3. The average Bonchev–Trinajstić information content (AvgIpc) is 2.99. The minimum absolute atomic E-state index is 0.125. The van der Waals surface area contributed by atoms with Crippen LogP contribution in [0.25, 0.3) is 0 Å². The Kier molecular flexibility index (Phi) is 6.36. The molecule has 9 heteroatoms. The Morgan fingerprint density at radius 2 is 2.07 bits per heavy atom. The molecule has 7 nitrogen and oxygen atoms in total. The molecule has 1 aromatic heterocycles. The van der Waals surface area contributed by atoms with Crippen LogP contribution in [-0.2, 0) is 4.74 Å². The number of hydrogen-bond donors (Lipinski definition) is 2. The van der Waals surface area contributed by atoms with Crippen LogP contribution < -0.4 is 10.2 Å². The number of likely N-dealkylation sites (N-methyl/N-ethyl adjacent to an activating group) is 1. The molecule has 0 amide bonds. The minimum atomic E-state index is -2.81. The van der Waals surface area contributed by atoms with Crippen molar-refractivity contribution in [2.75, 3.05) is 57.2 Å². The summed E-state index contributed by atoms with van der Waals surface area (Å²) in [7, 11) is 3.99. The van der Waals surface area contributed by atoms with Gasteiger partial charge in [-0.25, -0.2) is 18.7 Å². The van der Waals surface area contributed by atoms with E-state index in [4.69, 9.17) is 4.74 Å². The van der Waals surface area contributed by atoms with Gasteiger partial charge in [-0.2, -0.15) is 0 Å². The zero-order chi connectivity index (χ0) is 20.4. The molecule has 0 saturated carbocycles. The maximum atomic E-state index is 14.3. The van der Waals surface area contributed by atoms with Gasteiger partial charge in [-0.05, 0) is 40.3 Å². The Hall–Kier alpha value is -1.58. The van der Waals surface area contributed by atoms with E-state index in [2.05, 4.69) is 25.1 Å². The fourth-order valence-corrected chi connectivity index (χ4v) is 4.16. The van der Waals surface area contributed by atoms with E-state index in [1.807, 2.05) is 14.1 Å². The van der Waals surface area contributed by atoms with E-state index in [-0.39, 0.29) is 12.6 Å². The molecule has 0 unspecified atom stereocenters. The van der Waals surface area contributed by atoms with E-state index in [1.54, 1.807) is 6.07 Å². The van der Waals surface area contributed by atoms with Crippen LogP contribution in [0, 0.1) is 5.41 Å². The molecule has 158 valence electrons. The molecule has 2 aliphatic rings. The first-order valence-corrected chi connectivity index (χ1v) is 9.81. The standard InChI is InChI=1S/C19H31F2N5O2/c1-18(20,21)19(4-6-28-7-5-19)12-22-16-9-17(24-13-23-16)26-11-15(27)8-14(26)10-25(2)3/h9,13-15,27H,4-8,10-12H2,1-3H3,(H,22,23,24)/t14-,15-/m1/s1. The van der Waals surface area contributed by atoms with E-state index in [1.165, 1.54) is 6.33 Å². The lowest BCUT2D eigenvalue weighted by Gasteiger charge is -2.41. The molecule has 28 heavy (non-hydrogen) atoms. The van der Waals surface area contributed by atoms with Crippen molar-refractivity contribution in [2.24, 2.45) is 5.41 Å². The highest BCUT2D eigenvalue weighted by Gasteiger charge is 2.50. The predicted molar refractivity (Wildman–Crippen MR) is 104 cm³/mol. The number of aliphatic hydroxyl groups is 1. The van der Waals surface area contributed by atoms with Crippen molar-refractivity contribution >= 4 is 11.6 Å². The molecule has 2 aliphatic heterocycles. The highest BCUT2D eigenvalue weighted by molar-refractivity contribution is 5.50. The zero-order valence-electron chi connectivity index (χ0n) is 16.9. The molecule has 2 saturated heterocycles. The van der Waals surface area contributed by atoms with Crippen LogP contribution in [0.3, 0.4) is 0 Å². The SMILES string of the molecule is CN(C)C[C@H]1C[C@@H](O)CN1c1cc(NCC2(C(C)(F)F)CCOCC2)ncn1. The Labute approximate surface area is 165 Å². The minimum Gasteiger partial charge on any atom is -0.391 e. The van der Waals surface area contributed by atoms with Crippen LogP contribution >= 0.6 is 0 Å². The number of anilines is 2. The summed E-state index contributed by atoms with van der Waals surface area (Å²) in [5, 5.41) is 13.2. The van der Waals surface area contributed by atoms with Crippen molar-refractivity contribution in [2.45, 2.75) is 44.3 Å². The van der Waals surface area contributed by atoms with Crippen LogP contribution in [0.1, 0.15) is 26.2 Å². The maximum Gasteiger partial charge on any atom is 0.252 e. The third kappa shape index (κ3) is 4.69. The molecule has 0 radical (unpaired) electrons. The van der Waals surface area contributed by atoms with Crippen LogP contribution in [0.4, 0.5) is 20.4 Å². The van der Waals surface area contributed by atoms with Gasteiger partial charge in [-0.1, -0.05) is 0 Å². The first-order chi connectivity index (χ1) is 13.2. The largest absolute Gasteiger partial charge is 0.391 e. The number of hydrogen-bond acceptors (Lipinski definition) is 7. The van der Waals surface area contributed by atoms with Gasteiger partial charge < -0.3 is 25.0 Å². The highest BCUT2D eigenvalue weighted by Crippen LogP contribution is 2.44. The molecule has 3 rings (SSSR count). The second-order valence-corrected chi connectivity index (χ2v) is 8.35. The molecule has 2 atom stereocenters. The monoisotopic (exact) mass is 399 g/mol. The molecule has 0 spiro atoms. The summed E-state index contributed by atoms with van der Waals surface area (Å²) < 4.78 is 34.0. The molecule has 0 aromatic carbocycles. The number of nitrogens with zero attached hydrogens (tertiary/aromatic N) is 4. The maximum absolute atomic E-state index is 14.3. The summed E-state index contributed by atoms with van der Waals surface area (Å²) in [6.07, 6.45) is 2.34. The summed E-state index contributed by atoms with van der Waals surface area (Å²) in [6.45, 7) is 3.11. The molecule has 0 aliphatic carbocycles. The predicted octanol–water partition coefficient (Wildman–Crippen LogP) is 1.84. The Morgan fingerprint density at radius 3 is 2.71 bits per heavy atom. The summed E-state index contributed by atoms with van der Waals surface area (Å²) in [4.78, 5) is 12.7. The Balaban J connectivity index is 1.72. The van der Waals surface area contributed by atoms with Crippen molar-refractivity contribution in [1.29, 1.82) is 0 Å². The summed E-state index contributed by atoms with van der Waals surface area (Å²) in [5.41, 5.74) is -1.15. The number of β-amino-alcohol motifs (C(OH)–C–C–N with tert-alkyl or cyclic N) is 1. The quantitative estimate of drug-likeness (QED) is 0.725. The average molecular weight is 399 g/mol. The van der Waals surface area contributed by atoms with Crippen LogP contribution in [0.15, 0.2) is 12.4 Å². The number of ether oxygens (including phenoxy) is 1. The second kappa shape index (κ2) is 8.42. The lowest BCUT2D eigenvalue weighted by molar-refractivity contribution is -0.143. The van der Waals surface area contributed by atoms with E-state index in [0.717, 1.165) is 13.5 Å². The van der Waals surface area contributed by atoms with Gasteiger partial charge >= 0.3 is 0 Å². The number of aliphatic hydroxyl groups excluding tert-OH is 1. The van der Waals surface area contributed by atoms with Crippen molar-refractivity contribution < 1.29 is 18.6 Å². The number of nitrogens with one attached hydrogen (secondary N) is 1. The van der Waals surface area contributed by atoms with Crippen molar-refractivity contribution in [3.05, 3.63) is 12.4 Å². The van der Waals surface area contributed by atoms with Gasteiger partial charge in [0.05, 0.1) is 11.5 Å². The summed E-state index contributed by atoms with van der Waals surface area (Å²) in [5.74, 6) is -1.59. The van der Waals surface area contributed by atoms with E-state index in [0.29, 0.717) is 50.7 Å². The van der Waals surface area contributed by atoms with Gasteiger partial charge in [0.25, 0.3) is 5.92 Å². The van der Waals surface area contributed by atoms with Crippen LogP contribution in [0.5, 0.6) is 0 Å². The topological polar surface area (TPSA) is 73.8 Å². The molecule has 0 bridgehead atoms. The smallest absolute Gasteiger partial charge is 0.252 e. The fraction of sp³-hybridized carbons (Fsp3) is 0.789. The van der Waals surface area contributed by atoms with Gasteiger partial charge in [0.15, 0.2) is 0 Å². The van der Waals surface area contributed by atoms with E-state index < -0.39 is 17.4 Å². The first kappa shape index (κ1) is 21.1. The van der Waals surface area contributed by atoms with Gasteiger partial charge in [0.2, 0.25) is 0 Å². The third-order valence-corrected chi connectivity index (χ3v) is 5.90. The summed E-state index contributed by atoms with van der Waals surface area (Å²) in [6, 6.07) is 1.93. The molecule has 2 fully saturated rings. The zero-order valence-corrected chi connectivity index (χ0v) is 16.9. The Morgan fingerprint density at radius 1 is 1.36 bits per heavy atom. The van der Waals surface area contributed by atoms with Crippen LogP contribution in [0.2, 0.25) is 0 Å². The first-order valence-electron chi connectivity index (χ1n) is 9.81. The van der Waals surface area contributed by atoms with Crippen molar-refractivity contribution in [1.82, 2.24) is 14.9 Å². The molecular weight excluding hydrogens is 368 g/mol. The fourth-order valence-electron chi connectivity index (χ4n) is 4.16. The number of rotatable bonds is 7. The normalized spacial score (nSPS) is 25.3. The lowest BCUT2D eigenvalue weighted by atomic mass is 9.75. The van der Waals surface area contributed by atoms with Gasteiger partial charge in [-0.15, -0.1) is 0 Å². The second-order valence-electron chi connectivity index (χ2n) is 8.35. The molecule has 1 aromatic rings. The Bertz CT molecular complexity index is 649. The van der Waals surface area contributed by atoms with Gasteiger partial charge in [0.1, 0.15) is 18.0 Å². The lowest BCUT2D eigenvalue weighted by Crippen LogP contribution is -2.48. The van der Waals surface area contributed by atoms with Crippen molar-refractivity contribution in [3.63, 3.8) is 0 Å². The molecule has 3 heterocycles. The van der Waals surface area contributed by atoms with Crippen molar-refractivity contribution in [3.8, 4) is 0 Å². The number of aromatic nitrogens is 2. The van der Waals surface area contributed by atoms with Gasteiger partial charge in [0, 0.05) is 45.0 Å².